The maximum atomic E-state index is 12.3. The number of aliphatic carboxylic acids is 1. The van der Waals surface area contributed by atoms with E-state index >= 15 is 0 Å². The molecule has 0 atom stereocenters. The summed E-state index contributed by atoms with van der Waals surface area (Å²) in [4.78, 5) is 38.8. The topological polar surface area (TPSA) is 77.9 Å². The molecule has 6 heteroatoms. The molecule has 142 valence electrons. The van der Waals surface area contributed by atoms with E-state index in [1.54, 1.807) is 11.9 Å². The van der Waals surface area contributed by atoms with Crippen molar-refractivity contribution in [2.75, 3.05) is 26.7 Å². The average molecular weight is 360 g/mol. The van der Waals surface area contributed by atoms with Crippen LogP contribution in [0.15, 0.2) is 18.2 Å². The van der Waals surface area contributed by atoms with Crippen molar-refractivity contribution in [3.8, 4) is 0 Å². The molecule has 0 radical (unpaired) electrons. The fourth-order valence-electron chi connectivity index (χ4n) is 3.33. The van der Waals surface area contributed by atoms with Crippen LogP contribution in [0, 0.1) is 19.8 Å². The van der Waals surface area contributed by atoms with E-state index in [-0.39, 0.29) is 24.3 Å². The number of carbonyl (C=O) groups excluding carboxylic acids is 2. The van der Waals surface area contributed by atoms with E-state index in [4.69, 9.17) is 5.11 Å². The molecule has 2 amide bonds. The van der Waals surface area contributed by atoms with Gasteiger partial charge in [0.15, 0.2) is 0 Å². The molecule has 1 heterocycles. The molecular weight excluding hydrogens is 332 g/mol. The number of benzene rings is 1. The largest absolute Gasteiger partial charge is 0.481 e. The average Bonchev–Trinajstić information content (AvgIpc) is 2.60. The summed E-state index contributed by atoms with van der Waals surface area (Å²) in [7, 11) is 1.65. The van der Waals surface area contributed by atoms with Gasteiger partial charge >= 0.3 is 5.97 Å². The first-order valence-electron chi connectivity index (χ1n) is 9.08. The molecule has 2 rings (SSSR count). The molecule has 26 heavy (non-hydrogen) atoms. The van der Waals surface area contributed by atoms with Gasteiger partial charge in [0.1, 0.15) is 0 Å². The highest BCUT2D eigenvalue weighted by Gasteiger charge is 2.27. The van der Waals surface area contributed by atoms with Crippen LogP contribution in [0.1, 0.15) is 36.0 Å². The van der Waals surface area contributed by atoms with E-state index in [2.05, 4.69) is 12.1 Å². The highest BCUT2D eigenvalue weighted by Crippen LogP contribution is 2.17. The van der Waals surface area contributed by atoms with E-state index in [1.165, 1.54) is 16.0 Å². The summed E-state index contributed by atoms with van der Waals surface area (Å²) in [6, 6.07) is 6.20. The number of aryl methyl sites for hydroxylation is 3. The van der Waals surface area contributed by atoms with Crippen LogP contribution >= 0.6 is 0 Å². The number of likely N-dealkylation sites (tertiary alicyclic amines) is 1. The van der Waals surface area contributed by atoms with Crippen LogP contribution in [0.4, 0.5) is 0 Å². The third-order valence-electron chi connectivity index (χ3n) is 5.10. The van der Waals surface area contributed by atoms with Crippen molar-refractivity contribution >= 4 is 17.8 Å². The van der Waals surface area contributed by atoms with Crippen LogP contribution in [0.5, 0.6) is 0 Å². The molecule has 0 spiro atoms. The third-order valence-corrected chi connectivity index (χ3v) is 5.10. The van der Waals surface area contributed by atoms with Gasteiger partial charge in [-0.05, 0) is 44.2 Å². The molecule has 1 aliphatic rings. The molecule has 0 bridgehead atoms. The van der Waals surface area contributed by atoms with Crippen LogP contribution in [-0.2, 0) is 20.8 Å². The molecule has 0 saturated carbocycles. The lowest BCUT2D eigenvalue weighted by Crippen LogP contribution is -2.45. The molecule has 0 aliphatic carbocycles. The van der Waals surface area contributed by atoms with Crippen molar-refractivity contribution in [3.05, 3.63) is 34.9 Å². The highest BCUT2D eigenvalue weighted by atomic mass is 16.4. The molecule has 1 N–H and O–H groups in total. The summed E-state index contributed by atoms with van der Waals surface area (Å²) >= 11 is 0. The molecule has 1 aromatic carbocycles. The molecule has 1 saturated heterocycles. The Morgan fingerprint density at radius 1 is 1.19 bits per heavy atom. The fourth-order valence-corrected chi connectivity index (χ4v) is 3.33. The number of piperidine rings is 1. The first kappa shape index (κ1) is 19.9. The zero-order chi connectivity index (χ0) is 19.3. The quantitative estimate of drug-likeness (QED) is 0.842. The van der Waals surface area contributed by atoms with Crippen LogP contribution in [0.25, 0.3) is 0 Å². The molecule has 0 aromatic heterocycles. The lowest BCUT2D eigenvalue weighted by atomic mass is 9.97. The van der Waals surface area contributed by atoms with E-state index in [0.717, 1.165) is 5.56 Å². The standard InChI is InChI=1S/C20H28N2O4/c1-14-4-5-16(15(2)12-14)6-7-18(23)21(3)13-19(24)22-10-8-17(9-11-22)20(25)26/h4-5,12,17H,6-11,13H2,1-3H3,(H,25,26). The first-order valence-corrected chi connectivity index (χ1v) is 9.08. The molecular formula is C20H28N2O4. The molecule has 6 nitrogen and oxygen atoms in total. The van der Waals surface area contributed by atoms with Crippen LogP contribution in [0.2, 0.25) is 0 Å². The fraction of sp³-hybridized carbons (Fsp3) is 0.550. The zero-order valence-corrected chi connectivity index (χ0v) is 15.8. The SMILES string of the molecule is Cc1ccc(CCC(=O)N(C)CC(=O)N2CCC(C(=O)O)CC2)c(C)c1. The van der Waals surface area contributed by atoms with E-state index in [0.29, 0.717) is 38.8 Å². The second kappa shape index (κ2) is 8.83. The van der Waals surface area contributed by atoms with Crippen LogP contribution in [-0.4, -0.2) is 59.4 Å². The smallest absolute Gasteiger partial charge is 0.306 e. The van der Waals surface area contributed by atoms with Gasteiger partial charge < -0.3 is 14.9 Å². The molecule has 0 unspecified atom stereocenters. The Balaban J connectivity index is 1.79. The lowest BCUT2D eigenvalue weighted by Gasteiger charge is -2.31. The van der Waals surface area contributed by atoms with Gasteiger partial charge in [-0.25, -0.2) is 0 Å². The number of nitrogens with zero attached hydrogens (tertiary/aromatic N) is 2. The zero-order valence-electron chi connectivity index (χ0n) is 15.8. The Kier molecular flexibility index (Phi) is 6.77. The van der Waals surface area contributed by atoms with Gasteiger partial charge in [-0.3, -0.25) is 14.4 Å². The van der Waals surface area contributed by atoms with Gasteiger partial charge in [-0.2, -0.15) is 0 Å². The van der Waals surface area contributed by atoms with E-state index in [1.807, 2.05) is 19.9 Å². The Labute approximate surface area is 154 Å². The van der Waals surface area contributed by atoms with Gasteiger partial charge in [0.2, 0.25) is 11.8 Å². The number of carboxylic acid groups (broad SMARTS) is 1. The van der Waals surface area contributed by atoms with Gasteiger partial charge in [-0.1, -0.05) is 23.8 Å². The van der Waals surface area contributed by atoms with Crippen molar-refractivity contribution in [2.45, 2.75) is 39.5 Å². The number of likely N-dealkylation sites (N-methyl/N-ethyl adjacent to an activating group) is 1. The summed E-state index contributed by atoms with van der Waals surface area (Å²) in [5.41, 5.74) is 3.53. The van der Waals surface area contributed by atoms with Crippen molar-refractivity contribution in [3.63, 3.8) is 0 Å². The Morgan fingerprint density at radius 3 is 2.42 bits per heavy atom. The van der Waals surface area contributed by atoms with Crippen molar-refractivity contribution in [1.29, 1.82) is 0 Å². The summed E-state index contributed by atoms with van der Waals surface area (Å²) in [6.45, 7) is 5.02. The molecule has 1 aliphatic heterocycles. The minimum absolute atomic E-state index is 0.0451. The van der Waals surface area contributed by atoms with Gasteiger partial charge in [0.25, 0.3) is 0 Å². The second-order valence-corrected chi connectivity index (χ2v) is 7.17. The summed E-state index contributed by atoms with van der Waals surface area (Å²) in [5.74, 6) is -1.33. The first-order chi connectivity index (χ1) is 12.3. The van der Waals surface area contributed by atoms with Crippen molar-refractivity contribution < 1.29 is 19.5 Å². The predicted octanol–water partition coefficient (Wildman–Crippen LogP) is 2.02. The van der Waals surface area contributed by atoms with Crippen LogP contribution in [0.3, 0.4) is 0 Å². The number of carbonyl (C=O) groups is 3. The minimum atomic E-state index is -0.796. The monoisotopic (exact) mass is 360 g/mol. The third kappa shape index (κ3) is 5.31. The van der Waals surface area contributed by atoms with Gasteiger partial charge in [0, 0.05) is 26.6 Å². The number of hydrogen-bond acceptors (Lipinski definition) is 3. The van der Waals surface area contributed by atoms with Crippen molar-refractivity contribution in [1.82, 2.24) is 9.80 Å². The Bertz CT molecular complexity index is 678. The normalized spacial score (nSPS) is 15.0. The summed E-state index contributed by atoms with van der Waals surface area (Å²) in [5, 5.41) is 9.01. The van der Waals surface area contributed by atoms with Gasteiger partial charge in [0.05, 0.1) is 12.5 Å². The molecule has 1 aromatic rings. The minimum Gasteiger partial charge on any atom is -0.481 e. The number of rotatable bonds is 6. The maximum absolute atomic E-state index is 12.3. The Hall–Kier alpha value is -2.37. The van der Waals surface area contributed by atoms with Crippen LogP contribution < -0.4 is 0 Å². The summed E-state index contributed by atoms with van der Waals surface area (Å²) < 4.78 is 0. The van der Waals surface area contributed by atoms with Crippen molar-refractivity contribution in [2.24, 2.45) is 5.92 Å². The molecule has 1 fully saturated rings. The number of hydrogen-bond donors (Lipinski definition) is 1. The van der Waals surface area contributed by atoms with Gasteiger partial charge in [-0.15, -0.1) is 0 Å². The number of amides is 2. The maximum Gasteiger partial charge on any atom is 0.306 e. The predicted molar refractivity (Wildman–Crippen MR) is 98.8 cm³/mol. The highest BCUT2D eigenvalue weighted by molar-refractivity contribution is 5.85. The Morgan fingerprint density at radius 2 is 1.85 bits per heavy atom. The van der Waals surface area contributed by atoms with E-state index < -0.39 is 5.97 Å². The second-order valence-electron chi connectivity index (χ2n) is 7.17. The van der Waals surface area contributed by atoms with E-state index in [9.17, 15) is 14.4 Å². The lowest BCUT2D eigenvalue weighted by molar-refractivity contribution is -0.146. The number of carboxylic acids is 1. The summed E-state index contributed by atoms with van der Waals surface area (Å²) in [6.07, 6.45) is 1.99.